The molecule has 0 radical (unpaired) electrons. The van der Waals surface area contributed by atoms with E-state index in [1.54, 1.807) is 13.8 Å². The molecule has 118 valence electrons. The Hall–Kier alpha value is -2.06. The number of nitrogens with zero attached hydrogens (tertiary/aromatic N) is 2. The number of halogens is 3. The Balaban J connectivity index is 2.95. The molecule has 1 amide bonds. The summed E-state index contributed by atoms with van der Waals surface area (Å²) in [6.45, 7) is 5.11. The van der Waals surface area contributed by atoms with E-state index in [0.29, 0.717) is 0 Å². The van der Waals surface area contributed by atoms with Crippen molar-refractivity contribution in [3.8, 4) is 0 Å². The van der Waals surface area contributed by atoms with Crippen LogP contribution in [0.15, 0.2) is 6.07 Å². The molecule has 1 aromatic heterocycles. The van der Waals surface area contributed by atoms with E-state index >= 15 is 0 Å². The molecule has 0 saturated carbocycles. The number of amides is 1. The largest absolute Gasteiger partial charge is 0.451 e. The van der Waals surface area contributed by atoms with E-state index in [-0.39, 0.29) is 23.6 Å². The lowest BCUT2D eigenvalue weighted by molar-refractivity contribution is -0.144. The zero-order valence-corrected chi connectivity index (χ0v) is 12.2. The highest BCUT2D eigenvalue weighted by molar-refractivity contribution is 5.84. The van der Waals surface area contributed by atoms with Crippen molar-refractivity contribution in [2.45, 2.75) is 39.0 Å². The first-order valence-electron chi connectivity index (χ1n) is 6.34. The van der Waals surface area contributed by atoms with Gasteiger partial charge in [0.05, 0.1) is 0 Å². The Morgan fingerprint density at radius 2 is 1.76 bits per heavy atom. The highest BCUT2D eigenvalue weighted by atomic mass is 19.4. The molecule has 0 aliphatic carbocycles. The Bertz CT molecular complexity index is 504. The summed E-state index contributed by atoms with van der Waals surface area (Å²) in [6.07, 6.45) is -4.66. The number of hydrogen-bond donors (Lipinski definition) is 3. The maximum Gasteiger partial charge on any atom is 0.451 e. The van der Waals surface area contributed by atoms with Gasteiger partial charge in [-0.25, -0.2) is 9.97 Å². The van der Waals surface area contributed by atoms with Gasteiger partial charge < -0.3 is 16.0 Å². The van der Waals surface area contributed by atoms with Crippen molar-refractivity contribution in [3.05, 3.63) is 11.9 Å². The lowest BCUT2D eigenvalue weighted by Gasteiger charge is -2.17. The zero-order valence-electron chi connectivity index (χ0n) is 12.2. The Morgan fingerprint density at radius 1 is 1.19 bits per heavy atom. The van der Waals surface area contributed by atoms with Crippen LogP contribution >= 0.6 is 0 Å². The van der Waals surface area contributed by atoms with E-state index in [4.69, 9.17) is 0 Å². The predicted molar refractivity (Wildman–Crippen MR) is 72.9 cm³/mol. The van der Waals surface area contributed by atoms with Crippen LogP contribution in [-0.2, 0) is 11.0 Å². The maximum absolute atomic E-state index is 12.7. The number of aromatic nitrogens is 2. The van der Waals surface area contributed by atoms with E-state index in [1.165, 1.54) is 20.0 Å². The molecule has 21 heavy (non-hydrogen) atoms. The summed E-state index contributed by atoms with van der Waals surface area (Å²) in [4.78, 5) is 18.5. The molecule has 0 aliphatic heterocycles. The second kappa shape index (κ2) is 6.59. The molecule has 1 aromatic rings. The van der Waals surface area contributed by atoms with E-state index in [0.717, 1.165) is 0 Å². The third-order valence-electron chi connectivity index (χ3n) is 2.42. The average Bonchev–Trinajstić information content (AvgIpc) is 2.36. The van der Waals surface area contributed by atoms with Crippen LogP contribution in [0, 0.1) is 0 Å². The number of carbonyl (C=O) groups excluding carboxylic acids is 1. The maximum atomic E-state index is 12.7. The fourth-order valence-corrected chi connectivity index (χ4v) is 1.47. The summed E-state index contributed by atoms with van der Waals surface area (Å²) >= 11 is 0. The first kappa shape index (κ1) is 17.0. The average molecular weight is 305 g/mol. The van der Waals surface area contributed by atoms with Crippen LogP contribution in [0.5, 0.6) is 0 Å². The van der Waals surface area contributed by atoms with Gasteiger partial charge in [-0.05, 0) is 20.8 Å². The van der Waals surface area contributed by atoms with Crippen molar-refractivity contribution in [2.24, 2.45) is 0 Å². The van der Waals surface area contributed by atoms with E-state index in [1.807, 2.05) is 0 Å². The minimum absolute atomic E-state index is 0.0105. The smallest absolute Gasteiger partial charge is 0.373 e. The summed E-state index contributed by atoms with van der Waals surface area (Å²) in [5.74, 6) is -1.67. The van der Waals surface area contributed by atoms with Gasteiger partial charge in [0, 0.05) is 19.2 Å². The van der Waals surface area contributed by atoms with E-state index in [2.05, 4.69) is 25.9 Å². The second-order valence-corrected chi connectivity index (χ2v) is 4.74. The molecular formula is C12H18F3N5O. The molecule has 0 spiro atoms. The van der Waals surface area contributed by atoms with Crippen LogP contribution in [0.1, 0.15) is 26.6 Å². The van der Waals surface area contributed by atoms with Gasteiger partial charge >= 0.3 is 6.18 Å². The van der Waals surface area contributed by atoms with Crippen LogP contribution in [0.3, 0.4) is 0 Å². The van der Waals surface area contributed by atoms with E-state index < -0.39 is 18.0 Å². The standard InChI is InChI=1S/C12H18F3N5O/c1-6(2)17-10(21)7(3)18-9-5-8(16-4)19-11(20-9)12(13,14)15/h5-7H,1-4H3,(H,17,21)(H2,16,18,19,20). The summed E-state index contributed by atoms with van der Waals surface area (Å²) in [5, 5.41) is 7.81. The molecule has 6 nitrogen and oxygen atoms in total. The van der Waals surface area contributed by atoms with Crippen molar-refractivity contribution in [1.29, 1.82) is 0 Å². The minimum Gasteiger partial charge on any atom is -0.373 e. The Morgan fingerprint density at radius 3 is 2.24 bits per heavy atom. The fraction of sp³-hybridized carbons (Fsp3) is 0.583. The van der Waals surface area contributed by atoms with Gasteiger partial charge in [-0.1, -0.05) is 0 Å². The number of rotatable bonds is 5. The number of anilines is 2. The lowest BCUT2D eigenvalue weighted by atomic mass is 10.3. The molecule has 0 aromatic carbocycles. The zero-order chi connectivity index (χ0) is 16.2. The van der Waals surface area contributed by atoms with Crippen molar-refractivity contribution in [3.63, 3.8) is 0 Å². The van der Waals surface area contributed by atoms with Gasteiger partial charge in [-0.15, -0.1) is 0 Å². The number of carbonyl (C=O) groups is 1. The van der Waals surface area contributed by atoms with Crippen molar-refractivity contribution in [1.82, 2.24) is 15.3 Å². The normalized spacial score (nSPS) is 13.0. The summed E-state index contributed by atoms with van der Waals surface area (Å²) in [6, 6.07) is 0.507. The summed E-state index contributed by atoms with van der Waals surface area (Å²) in [5.41, 5.74) is 0. The van der Waals surface area contributed by atoms with E-state index in [9.17, 15) is 18.0 Å². The monoisotopic (exact) mass is 305 g/mol. The molecule has 0 saturated heterocycles. The van der Waals surface area contributed by atoms with Crippen LogP contribution in [0.2, 0.25) is 0 Å². The number of hydrogen-bond acceptors (Lipinski definition) is 5. The minimum atomic E-state index is -4.66. The van der Waals surface area contributed by atoms with Gasteiger partial charge in [-0.2, -0.15) is 13.2 Å². The molecule has 1 rings (SSSR count). The molecule has 0 aliphatic rings. The van der Waals surface area contributed by atoms with Crippen LogP contribution < -0.4 is 16.0 Å². The first-order valence-corrected chi connectivity index (χ1v) is 6.34. The summed E-state index contributed by atoms with van der Waals surface area (Å²) < 4.78 is 38.1. The predicted octanol–water partition coefficient (Wildman–Crippen LogP) is 1.86. The molecule has 1 heterocycles. The highest BCUT2D eigenvalue weighted by Gasteiger charge is 2.35. The molecule has 3 N–H and O–H groups in total. The topological polar surface area (TPSA) is 78.9 Å². The highest BCUT2D eigenvalue weighted by Crippen LogP contribution is 2.28. The number of nitrogens with one attached hydrogen (secondary N) is 3. The van der Waals surface area contributed by atoms with Crippen LogP contribution in [-0.4, -0.2) is 35.0 Å². The van der Waals surface area contributed by atoms with Crippen LogP contribution in [0.4, 0.5) is 24.8 Å². The molecule has 9 heteroatoms. The fourth-order valence-electron chi connectivity index (χ4n) is 1.47. The molecular weight excluding hydrogens is 287 g/mol. The van der Waals surface area contributed by atoms with Crippen molar-refractivity contribution < 1.29 is 18.0 Å². The third kappa shape index (κ3) is 5.09. The van der Waals surface area contributed by atoms with Crippen LogP contribution in [0.25, 0.3) is 0 Å². The molecule has 0 fully saturated rings. The Labute approximate surface area is 120 Å². The first-order chi connectivity index (χ1) is 9.63. The van der Waals surface area contributed by atoms with Gasteiger partial charge in [0.15, 0.2) is 0 Å². The van der Waals surface area contributed by atoms with Crippen molar-refractivity contribution >= 4 is 17.5 Å². The SMILES string of the molecule is CNc1cc(NC(C)C(=O)NC(C)C)nc(C(F)(F)F)n1. The quantitative estimate of drug-likeness (QED) is 0.774. The lowest BCUT2D eigenvalue weighted by Crippen LogP contribution is -2.41. The number of alkyl halides is 3. The second-order valence-electron chi connectivity index (χ2n) is 4.74. The summed E-state index contributed by atoms with van der Waals surface area (Å²) in [7, 11) is 1.45. The molecule has 1 atom stereocenters. The van der Waals surface area contributed by atoms with Crippen molar-refractivity contribution in [2.75, 3.05) is 17.7 Å². The van der Waals surface area contributed by atoms with Gasteiger partial charge in [0.1, 0.15) is 17.7 Å². The van der Waals surface area contributed by atoms with Gasteiger partial charge in [0.25, 0.3) is 0 Å². The molecule has 0 bridgehead atoms. The Kier molecular flexibility index (Phi) is 5.34. The third-order valence-corrected chi connectivity index (χ3v) is 2.42. The van der Waals surface area contributed by atoms with Gasteiger partial charge in [0.2, 0.25) is 11.7 Å². The molecule has 1 unspecified atom stereocenters. The van der Waals surface area contributed by atoms with Gasteiger partial charge in [-0.3, -0.25) is 4.79 Å².